The molecule has 174 valence electrons. The number of nitrogens with zero attached hydrogens (tertiary/aromatic N) is 5. The Morgan fingerprint density at radius 1 is 1.26 bits per heavy atom. The molecular weight excluding hydrogens is 442 g/mol. The number of aryl methyl sites for hydroxylation is 1. The normalized spacial score (nSPS) is 16.3. The molecule has 35 heavy (non-hydrogen) atoms. The van der Waals surface area contributed by atoms with Gasteiger partial charge >= 0.3 is 0 Å². The predicted molar refractivity (Wildman–Crippen MR) is 131 cm³/mol. The highest BCUT2D eigenvalue weighted by atomic mass is 16.5. The molecule has 0 N–H and O–H groups in total. The van der Waals surface area contributed by atoms with Crippen molar-refractivity contribution in [3.63, 3.8) is 0 Å². The van der Waals surface area contributed by atoms with Gasteiger partial charge in [-0.2, -0.15) is 10.3 Å². The van der Waals surface area contributed by atoms with Crippen LogP contribution in [0.1, 0.15) is 29.5 Å². The summed E-state index contributed by atoms with van der Waals surface area (Å²) in [7, 11) is 0. The topological polar surface area (TPSA) is 102 Å². The molecule has 1 amide bonds. The number of hydrogen-bond acceptors (Lipinski definition) is 5. The van der Waals surface area contributed by atoms with Crippen LogP contribution in [0.2, 0.25) is 0 Å². The van der Waals surface area contributed by atoms with Crippen molar-refractivity contribution in [2.45, 2.75) is 32.4 Å². The van der Waals surface area contributed by atoms with Crippen LogP contribution in [0, 0.1) is 18.3 Å². The molecule has 0 aliphatic carbocycles. The first-order chi connectivity index (χ1) is 17.0. The van der Waals surface area contributed by atoms with Crippen LogP contribution in [0.5, 0.6) is 0 Å². The Morgan fingerprint density at radius 3 is 2.83 bits per heavy atom. The summed E-state index contributed by atoms with van der Waals surface area (Å²) in [6.45, 7) is 2.85. The fourth-order valence-corrected chi connectivity index (χ4v) is 4.33. The number of benzene rings is 1. The lowest BCUT2D eigenvalue weighted by atomic mass is 10.2. The monoisotopic (exact) mass is 465 g/mol. The third kappa shape index (κ3) is 4.42. The summed E-state index contributed by atoms with van der Waals surface area (Å²) in [5.74, 6) is -0.514. The number of pyridine rings is 2. The highest BCUT2D eigenvalue weighted by molar-refractivity contribution is 5.92. The molecule has 0 saturated carbocycles. The summed E-state index contributed by atoms with van der Waals surface area (Å²) in [4.78, 5) is 35.2. The largest absolute Gasteiger partial charge is 0.376 e. The molecule has 0 radical (unpaired) electrons. The minimum absolute atomic E-state index is 0.127. The summed E-state index contributed by atoms with van der Waals surface area (Å²) in [6, 6.07) is 16.7. The first-order valence-corrected chi connectivity index (χ1v) is 11.4. The Labute approximate surface area is 201 Å². The Kier molecular flexibility index (Phi) is 6.08. The van der Waals surface area contributed by atoms with Gasteiger partial charge in [0.25, 0.3) is 11.5 Å². The molecule has 4 heterocycles. The summed E-state index contributed by atoms with van der Waals surface area (Å²) in [5.41, 5.74) is 2.59. The van der Waals surface area contributed by atoms with Crippen molar-refractivity contribution in [2.75, 3.05) is 6.61 Å². The molecule has 1 atom stereocenters. The lowest BCUT2D eigenvalue weighted by molar-refractivity contribution is -0.113. The van der Waals surface area contributed by atoms with E-state index in [0.717, 1.165) is 24.0 Å². The molecule has 5 rings (SSSR count). The second-order valence-corrected chi connectivity index (χ2v) is 8.47. The van der Waals surface area contributed by atoms with Gasteiger partial charge in [0.05, 0.1) is 23.6 Å². The zero-order valence-electron chi connectivity index (χ0n) is 19.2. The van der Waals surface area contributed by atoms with Crippen molar-refractivity contribution >= 4 is 28.7 Å². The van der Waals surface area contributed by atoms with Crippen LogP contribution in [-0.2, 0) is 16.1 Å². The maximum absolute atomic E-state index is 13.4. The molecule has 4 aromatic rings. The first-order valence-electron chi connectivity index (χ1n) is 11.4. The Morgan fingerprint density at radius 2 is 2.09 bits per heavy atom. The summed E-state index contributed by atoms with van der Waals surface area (Å²) < 4.78 is 8.99. The van der Waals surface area contributed by atoms with Crippen LogP contribution < -0.4 is 11.0 Å². The van der Waals surface area contributed by atoms with Gasteiger partial charge in [-0.3, -0.25) is 14.0 Å². The second kappa shape index (κ2) is 9.49. The molecule has 1 saturated heterocycles. The number of carbonyl (C=O) groups excluding carboxylic acids is 1. The van der Waals surface area contributed by atoms with Crippen LogP contribution in [0.4, 0.5) is 0 Å². The van der Waals surface area contributed by atoms with E-state index in [4.69, 9.17) is 9.72 Å². The minimum atomic E-state index is -0.514. The summed E-state index contributed by atoms with van der Waals surface area (Å²) in [5, 5.41) is 10.2. The lowest BCUT2D eigenvalue weighted by Crippen LogP contribution is -2.32. The van der Waals surface area contributed by atoms with Crippen molar-refractivity contribution < 1.29 is 9.53 Å². The van der Waals surface area contributed by atoms with E-state index in [-0.39, 0.29) is 28.1 Å². The maximum atomic E-state index is 13.4. The van der Waals surface area contributed by atoms with Gasteiger partial charge in [0.1, 0.15) is 17.4 Å². The Hall–Kier alpha value is -4.35. The molecule has 1 fully saturated rings. The molecular formula is C27H23N5O3. The SMILES string of the molecule is Cc1cccn2c(=O)c3cc(C#N)c(=NC(=O)/C=C/c4ccccc4)n(C[C@H]4CCCO4)c3nc12. The van der Waals surface area contributed by atoms with E-state index in [1.165, 1.54) is 16.5 Å². The van der Waals surface area contributed by atoms with Gasteiger partial charge in [0.15, 0.2) is 5.49 Å². The number of amides is 1. The number of rotatable bonds is 4. The van der Waals surface area contributed by atoms with Crippen molar-refractivity contribution in [2.24, 2.45) is 4.99 Å². The van der Waals surface area contributed by atoms with Crippen molar-refractivity contribution in [1.82, 2.24) is 14.0 Å². The van der Waals surface area contributed by atoms with Gasteiger partial charge < -0.3 is 9.30 Å². The van der Waals surface area contributed by atoms with E-state index in [1.54, 1.807) is 22.9 Å². The molecule has 1 aromatic carbocycles. The quantitative estimate of drug-likeness (QED) is 0.340. The second-order valence-electron chi connectivity index (χ2n) is 8.47. The zero-order chi connectivity index (χ0) is 24.4. The third-order valence-electron chi connectivity index (χ3n) is 6.07. The van der Waals surface area contributed by atoms with E-state index in [9.17, 15) is 14.9 Å². The molecule has 0 bridgehead atoms. The first kappa shape index (κ1) is 22.4. The minimum Gasteiger partial charge on any atom is -0.376 e. The number of aromatic nitrogens is 3. The Balaban J connectivity index is 1.76. The molecule has 3 aromatic heterocycles. The zero-order valence-corrected chi connectivity index (χ0v) is 19.2. The van der Waals surface area contributed by atoms with Gasteiger partial charge in [-0.05, 0) is 49.1 Å². The molecule has 1 aliphatic heterocycles. The number of carbonyl (C=O) groups is 1. The van der Waals surface area contributed by atoms with E-state index < -0.39 is 5.91 Å². The summed E-state index contributed by atoms with van der Waals surface area (Å²) in [6.07, 6.45) is 6.32. The van der Waals surface area contributed by atoms with Gasteiger partial charge in [-0.25, -0.2) is 4.98 Å². The van der Waals surface area contributed by atoms with Crippen LogP contribution in [0.25, 0.3) is 22.8 Å². The van der Waals surface area contributed by atoms with Crippen molar-refractivity contribution in [3.05, 3.63) is 93.3 Å². The van der Waals surface area contributed by atoms with E-state index >= 15 is 0 Å². The third-order valence-corrected chi connectivity index (χ3v) is 6.07. The van der Waals surface area contributed by atoms with Gasteiger partial charge in [0, 0.05) is 18.9 Å². The van der Waals surface area contributed by atoms with Gasteiger partial charge in [-0.1, -0.05) is 36.4 Å². The van der Waals surface area contributed by atoms with Crippen LogP contribution in [0.15, 0.2) is 70.6 Å². The highest BCUT2D eigenvalue weighted by Gasteiger charge is 2.21. The number of nitriles is 1. The summed E-state index contributed by atoms with van der Waals surface area (Å²) >= 11 is 0. The predicted octanol–water partition coefficient (Wildman–Crippen LogP) is 3.15. The Bertz CT molecular complexity index is 1640. The van der Waals surface area contributed by atoms with Crippen molar-refractivity contribution in [3.8, 4) is 6.07 Å². The molecule has 1 aliphatic rings. The van der Waals surface area contributed by atoms with E-state index in [1.807, 2.05) is 43.3 Å². The van der Waals surface area contributed by atoms with Crippen LogP contribution >= 0.6 is 0 Å². The molecule has 0 unspecified atom stereocenters. The molecule has 0 spiro atoms. The smallest absolute Gasteiger partial charge is 0.271 e. The number of ether oxygens (including phenoxy) is 1. The molecule has 8 nitrogen and oxygen atoms in total. The van der Waals surface area contributed by atoms with Gasteiger partial charge in [0.2, 0.25) is 0 Å². The van der Waals surface area contributed by atoms with E-state index in [0.29, 0.717) is 24.4 Å². The average molecular weight is 466 g/mol. The number of hydrogen-bond donors (Lipinski definition) is 0. The van der Waals surface area contributed by atoms with Crippen LogP contribution in [-0.4, -0.2) is 32.6 Å². The molecule has 8 heteroatoms. The average Bonchev–Trinajstić information content (AvgIpc) is 3.39. The maximum Gasteiger partial charge on any atom is 0.271 e. The lowest BCUT2D eigenvalue weighted by Gasteiger charge is -2.17. The fraction of sp³-hybridized carbons (Fsp3) is 0.222. The van der Waals surface area contributed by atoms with Crippen LogP contribution in [0.3, 0.4) is 0 Å². The highest BCUT2D eigenvalue weighted by Crippen LogP contribution is 2.17. The van der Waals surface area contributed by atoms with E-state index in [2.05, 4.69) is 11.1 Å². The number of fused-ring (bicyclic) bond motifs is 2. The van der Waals surface area contributed by atoms with Gasteiger partial charge in [-0.15, -0.1) is 0 Å². The standard InChI is InChI=1S/C27H23N5O3/c1-18-7-5-13-31-24(18)30-26-22(27(31)34)15-20(16-28)25(32(26)17-21-10-6-14-35-21)29-23(33)12-11-19-8-3-2-4-9-19/h2-5,7-9,11-13,15,21H,6,10,14,17H2,1H3/b12-11+,29-25?/t21-/m1/s1. The fourth-order valence-electron chi connectivity index (χ4n) is 4.33. The van der Waals surface area contributed by atoms with Crippen molar-refractivity contribution in [1.29, 1.82) is 5.26 Å².